The molecular weight excluding hydrogens is 295 g/mol. The first-order valence-corrected chi connectivity index (χ1v) is 7.76. The summed E-state index contributed by atoms with van der Waals surface area (Å²) in [7, 11) is 0. The van der Waals surface area contributed by atoms with Crippen LogP contribution < -0.4 is 10.2 Å². The summed E-state index contributed by atoms with van der Waals surface area (Å²) in [6, 6.07) is 7.72. The van der Waals surface area contributed by atoms with Crippen LogP contribution in [0.3, 0.4) is 0 Å². The van der Waals surface area contributed by atoms with Gasteiger partial charge in [0.05, 0.1) is 5.69 Å². The molecule has 0 aliphatic carbocycles. The molecule has 23 heavy (non-hydrogen) atoms. The molecule has 0 spiro atoms. The van der Waals surface area contributed by atoms with Crippen molar-refractivity contribution in [2.45, 2.75) is 19.8 Å². The highest BCUT2D eigenvalue weighted by atomic mass is 19.1. The van der Waals surface area contributed by atoms with E-state index in [-0.39, 0.29) is 11.4 Å². The second-order valence-corrected chi connectivity index (χ2v) is 5.86. The van der Waals surface area contributed by atoms with E-state index in [1.807, 2.05) is 0 Å². The van der Waals surface area contributed by atoms with Crippen molar-refractivity contribution in [2.75, 3.05) is 23.3 Å². The number of rotatable bonds is 3. The molecule has 0 bridgehead atoms. The van der Waals surface area contributed by atoms with Crippen molar-refractivity contribution >= 4 is 17.4 Å². The van der Waals surface area contributed by atoms with Gasteiger partial charge in [0, 0.05) is 19.2 Å². The number of hydrogen-bond donors (Lipinski definition) is 1. The van der Waals surface area contributed by atoms with Crippen LogP contribution in [-0.2, 0) is 0 Å². The highest BCUT2D eigenvalue weighted by Crippen LogP contribution is 2.21. The Bertz CT molecular complexity index is 698. The topological polar surface area (TPSA) is 58.1 Å². The quantitative estimate of drug-likeness (QED) is 0.946. The molecule has 1 aliphatic rings. The summed E-state index contributed by atoms with van der Waals surface area (Å²) in [4.78, 5) is 22.7. The summed E-state index contributed by atoms with van der Waals surface area (Å²) in [6.07, 6.45) is 3.60. The molecule has 1 aromatic heterocycles. The second kappa shape index (κ2) is 6.73. The molecule has 1 aromatic carbocycles. The number of halogens is 1. The maximum Gasteiger partial charge on any atom is 0.274 e. The number of aromatic nitrogens is 2. The van der Waals surface area contributed by atoms with Gasteiger partial charge in [-0.2, -0.15) is 0 Å². The molecule has 0 atom stereocenters. The molecule has 3 rings (SSSR count). The van der Waals surface area contributed by atoms with Gasteiger partial charge in [0.2, 0.25) is 0 Å². The maximum absolute atomic E-state index is 13.6. The molecule has 2 heterocycles. The number of benzene rings is 1. The van der Waals surface area contributed by atoms with Gasteiger partial charge in [-0.05, 0) is 30.9 Å². The number of nitrogens with zero attached hydrogens (tertiary/aromatic N) is 3. The Morgan fingerprint density at radius 3 is 2.74 bits per heavy atom. The lowest BCUT2D eigenvalue weighted by atomic mass is 9.99. The van der Waals surface area contributed by atoms with Gasteiger partial charge in [-0.25, -0.2) is 14.4 Å². The maximum atomic E-state index is 13.6. The summed E-state index contributed by atoms with van der Waals surface area (Å²) in [5, 5.41) is 2.54. The average Bonchev–Trinajstić information content (AvgIpc) is 2.58. The van der Waals surface area contributed by atoms with Crippen molar-refractivity contribution < 1.29 is 9.18 Å². The van der Waals surface area contributed by atoms with Crippen molar-refractivity contribution in [2.24, 2.45) is 5.92 Å². The predicted octanol–water partition coefficient (Wildman–Crippen LogP) is 3.10. The Hall–Kier alpha value is -2.50. The van der Waals surface area contributed by atoms with E-state index in [0.29, 0.717) is 0 Å². The highest BCUT2D eigenvalue weighted by Gasteiger charge is 2.19. The van der Waals surface area contributed by atoms with E-state index in [0.717, 1.165) is 37.7 Å². The second-order valence-electron chi connectivity index (χ2n) is 5.86. The molecule has 5 nitrogen and oxygen atoms in total. The fourth-order valence-electron chi connectivity index (χ4n) is 2.63. The van der Waals surface area contributed by atoms with Crippen LogP contribution in [0.25, 0.3) is 0 Å². The minimum Gasteiger partial charge on any atom is -0.356 e. The van der Waals surface area contributed by atoms with E-state index in [4.69, 9.17) is 0 Å². The summed E-state index contributed by atoms with van der Waals surface area (Å²) < 4.78 is 13.6. The average molecular weight is 314 g/mol. The van der Waals surface area contributed by atoms with Gasteiger partial charge >= 0.3 is 0 Å². The lowest BCUT2D eigenvalue weighted by molar-refractivity contribution is 0.102. The van der Waals surface area contributed by atoms with Gasteiger partial charge in [-0.1, -0.05) is 19.1 Å². The van der Waals surface area contributed by atoms with Crippen molar-refractivity contribution in [1.82, 2.24) is 9.97 Å². The molecule has 6 heteroatoms. The zero-order chi connectivity index (χ0) is 16.2. The van der Waals surface area contributed by atoms with Crippen molar-refractivity contribution in [3.05, 3.63) is 48.2 Å². The number of para-hydroxylation sites is 1. The Balaban J connectivity index is 1.74. The minimum atomic E-state index is -0.472. The van der Waals surface area contributed by atoms with E-state index < -0.39 is 11.7 Å². The van der Waals surface area contributed by atoms with Crippen LogP contribution in [0.15, 0.2) is 36.7 Å². The Morgan fingerprint density at radius 1 is 1.26 bits per heavy atom. The number of anilines is 2. The number of nitrogens with one attached hydrogen (secondary N) is 1. The fraction of sp³-hybridized carbons (Fsp3) is 0.353. The minimum absolute atomic E-state index is 0.143. The summed E-state index contributed by atoms with van der Waals surface area (Å²) in [5.41, 5.74) is 0.376. The normalized spacial score (nSPS) is 15.5. The van der Waals surface area contributed by atoms with Gasteiger partial charge in [-0.15, -0.1) is 0 Å². The Morgan fingerprint density at radius 2 is 2.00 bits per heavy atom. The number of amides is 1. The molecule has 0 unspecified atom stereocenters. The van der Waals surface area contributed by atoms with Crippen LogP contribution in [0, 0.1) is 11.7 Å². The first kappa shape index (κ1) is 15.4. The van der Waals surface area contributed by atoms with Crippen LogP contribution in [0.2, 0.25) is 0 Å². The Labute approximate surface area is 134 Å². The van der Waals surface area contributed by atoms with Crippen molar-refractivity contribution in [3.63, 3.8) is 0 Å². The first-order valence-electron chi connectivity index (χ1n) is 7.76. The third-order valence-corrected chi connectivity index (χ3v) is 4.11. The van der Waals surface area contributed by atoms with Gasteiger partial charge in [0.25, 0.3) is 5.91 Å². The zero-order valence-corrected chi connectivity index (χ0v) is 13.0. The van der Waals surface area contributed by atoms with Gasteiger partial charge < -0.3 is 10.2 Å². The van der Waals surface area contributed by atoms with Crippen LogP contribution in [-0.4, -0.2) is 29.0 Å². The molecule has 0 radical (unpaired) electrons. The number of hydrogen-bond acceptors (Lipinski definition) is 4. The number of carbonyl (C=O) groups excluding carboxylic acids is 1. The standard InChI is InChI=1S/C17H19FN4O/c1-12-6-8-22(9-7-12)16-10-15(19-11-20-16)17(23)21-14-5-3-2-4-13(14)18/h2-5,10-12H,6-9H2,1H3,(H,21,23). The smallest absolute Gasteiger partial charge is 0.274 e. The third kappa shape index (κ3) is 3.64. The van der Waals surface area contributed by atoms with Crippen LogP contribution >= 0.6 is 0 Å². The van der Waals surface area contributed by atoms with E-state index in [1.54, 1.807) is 18.2 Å². The molecular formula is C17H19FN4O. The van der Waals surface area contributed by atoms with E-state index in [1.165, 1.54) is 18.5 Å². The lowest BCUT2D eigenvalue weighted by Crippen LogP contribution is -2.33. The molecule has 0 saturated carbocycles. The summed E-state index contributed by atoms with van der Waals surface area (Å²) >= 11 is 0. The zero-order valence-electron chi connectivity index (χ0n) is 13.0. The first-order chi connectivity index (χ1) is 11.1. The van der Waals surface area contributed by atoms with Crippen LogP contribution in [0.4, 0.5) is 15.9 Å². The molecule has 1 aliphatic heterocycles. The SMILES string of the molecule is CC1CCN(c2cc(C(=O)Nc3ccccc3F)ncn2)CC1. The van der Waals surface area contributed by atoms with Crippen LogP contribution in [0.1, 0.15) is 30.3 Å². The summed E-state index contributed by atoms with van der Waals surface area (Å²) in [5.74, 6) is 0.548. The van der Waals surface area contributed by atoms with Crippen molar-refractivity contribution in [3.8, 4) is 0 Å². The summed E-state index contributed by atoms with van der Waals surface area (Å²) in [6.45, 7) is 4.09. The molecule has 1 fully saturated rings. The van der Waals surface area contributed by atoms with Gasteiger partial charge in [-0.3, -0.25) is 4.79 Å². The molecule has 1 saturated heterocycles. The van der Waals surface area contributed by atoms with Crippen molar-refractivity contribution in [1.29, 1.82) is 0 Å². The lowest BCUT2D eigenvalue weighted by Gasteiger charge is -2.31. The Kier molecular flexibility index (Phi) is 4.50. The predicted molar refractivity (Wildman–Crippen MR) is 87.0 cm³/mol. The van der Waals surface area contributed by atoms with Gasteiger partial charge in [0.15, 0.2) is 0 Å². The van der Waals surface area contributed by atoms with E-state index >= 15 is 0 Å². The third-order valence-electron chi connectivity index (χ3n) is 4.11. The van der Waals surface area contributed by atoms with Gasteiger partial charge in [0.1, 0.15) is 23.7 Å². The number of piperidine rings is 1. The monoisotopic (exact) mass is 314 g/mol. The van der Waals surface area contributed by atoms with E-state index in [2.05, 4.69) is 27.1 Å². The van der Waals surface area contributed by atoms with Crippen LogP contribution in [0.5, 0.6) is 0 Å². The highest BCUT2D eigenvalue weighted by molar-refractivity contribution is 6.03. The number of carbonyl (C=O) groups is 1. The molecule has 2 aromatic rings. The molecule has 120 valence electrons. The molecule has 1 amide bonds. The van der Waals surface area contributed by atoms with E-state index in [9.17, 15) is 9.18 Å². The largest absolute Gasteiger partial charge is 0.356 e. The fourth-order valence-corrected chi connectivity index (χ4v) is 2.63. The molecule has 1 N–H and O–H groups in total.